The van der Waals surface area contributed by atoms with Crippen LogP contribution < -0.4 is 15.4 Å². The zero-order valence-corrected chi connectivity index (χ0v) is 10.2. The second kappa shape index (κ2) is 7.43. The molecule has 0 aliphatic heterocycles. The highest BCUT2D eigenvalue weighted by Crippen LogP contribution is 2.07. The molecule has 17 heavy (non-hydrogen) atoms. The van der Waals surface area contributed by atoms with Gasteiger partial charge in [0.05, 0.1) is 6.61 Å². The minimum Gasteiger partial charge on any atom is -0.478 e. The largest absolute Gasteiger partial charge is 0.478 e. The summed E-state index contributed by atoms with van der Waals surface area (Å²) in [5.41, 5.74) is 0. The van der Waals surface area contributed by atoms with Crippen LogP contribution in [-0.4, -0.2) is 35.6 Å². The van der Waals surface area contributed by atoms with E-state index >= 15 is 0 Å². The number of amides is 1. The van der Waals surface area contributed by atoms with Gasteiger partial charge in [-0.05, 0) is 6.42 Å². The number of carbonyl (C=O) groups is 1. The summed E-state index contributed by atoms with van der Waals surface area (Å²) in [7, 11) is 0. The first-order chi connectivity index (χ1) is 8.22. The molecule has 0 aromatic carbocycles. The van der Waals surface area contributed by atoms with E-state index in [-0.39, 0.29) is 5.91 Å². The van der Waals surface area contributed by atoms with Crippen molar-refractivity contribution < 1.29 is 9.53 Å². The molecule has 0 saturated heterocycles. The van der Waals surface area contributed by atoms with E-state index < -0.39 is 0 Å². The number of nitrogens with zero attached hydrogens (tertiary/aromatic N) is 2. The predicted molar refractivity (Wildman–Crippen MR) is 65.0 cm³/mol. The molecule has 1 rings (SSSR count). The molecule has 0 atom stereocenters. The Bertz CT molecular complexity index is 357. The Morgan fingerprint density at radius 2 is 2.29 bits per heavy atom. The Balaban J connectivity index is 2.34. The quantitative estimate of drug-likeness (QED) is 0.688. The summed E-state index contributed by atoms with van der Waals surface area (Å²) < 4.78 is 5.38. The maximum atomic E-state index is 10.6. The zero-order valence-electron chi connectivity index (χ0n) is 10.2. The molecule has 6 nitrogen and oxygen atoms in total. The number of anilines is 1. The van der Waals surface area contributed by atoms with E-state index in [2.05, 4.69) is 20.6 Å². The van der Waals surface area contributed by atoms with Crippen LogP contribution in [0.2, 0.25) is 0 Å². The van der Waals surface area contributed by atoms with E-state index in [1.807, 2.05) is 6.92 Å². The first-order valence-corrected chi connectivity index (χ1v) is 5.66. The summed E-state index contributed by atoms with van der Waals surface area (Å²) in [4.78, 5) is 18.9. The Labute approximate surface area is 101 Å². The molecule has 0 aliphatic carbocycles. The fourth-order valence-electron chi connectivity index (χ4n) is 1.13. The number of hydrogen-bond acceptors (Lipinski definition) is 5. The third-order valence-corrected chi connectivity index (χ3v) is 1.87. The van der Waals surface area contributed by atoms with Gasteiger partial charge in [0, 0.05) is 32.3 Å². The van der Waals surface area contributed by atoms with Crippen molar-refractivity contribution in [1.82, 2.24) is 15.3 Å². The highest BCUT2D eigenvalue weighted by Gasteiger charge is 1.99. The van der Waals surface area contributed by atoms with Crippen molar-refractivity contribution in [2.75, 3.05) is 25.0 Å². The van der Waals surface area contributed by atoms with Gasteiger partial charge in [0.1, 0.15) is 0 Å². The maximum absolute atomic E-state index is 10.6. The monoisotopic (exact) mass is 238 g/mol. The Hall–Kier alpha value is -1.85. The van der Waals surface area contributed by atoms with E-state index in [1.54, 1.807) is 12.3 Å². The van der Waals surface area contributed by atoms with Gasteiger partial charge in [0.25, 0.3) is 0 Å². The van der Waals surface area contributed by atoms with E-state index in [1.165, 1.54) is 6.92 Å². The summed E-state index contributed by atoms with van der Waals surface area (Å²) >= 11 is 0. The molecule has 0 aliphatic rings. The molecule has 1 aromatic rings. The average Bonchev–Trinajstić information content (AvgIpc) is 2.32. The van der Waals surface area contributed by atoms with Gasteiger partial charge < -0.3 is 15.4 Å². The fraction of sp³-hybridized carbons (Fsp3) is 0.545. The van der Waals surface area contributed by atoms with Crippen LogP contribution in [0.4, 0.5) is 5.95 Å². The van der Waals surface area contributed by atoms with Crippen molar-refractivity contribution in [3.05, 3.63) is 12.3 Å². The third kappa shape index (κ3) is 5.70. The van der Waals surface area contributed by atoms with E-state index in [4.69, 9.17) is 4.74 Å². The third-order valence-electron chi connectivity index (χ3n) is 1.87. The fourth-order valence-corrected chi connectivity index (χ4v) is 1.13. The van der Waals surface area contributed by atoms with Gasteiger partial charge in [0.15, 0.2) is 0 Å². The van der Waals surface area contributed by atoms with Gasteiger partial charge in [-0.1, -0.05) is 6.92 Å². The molecule has 0 unspecified atom stereocenters. The first kappa shape index (κ1) is 13.2. The second-order valence-corrected chi connectivity index (χ2v) is 3.48. The smallest absolute Gasteiger partial charge is 0.226 e. The van der Waals surface area contributed by atoms with E-state index in [0.29, 0.717) is 31.5 Å². The Morgan fingerprint density at radius 1 is 1.47 bits per heavy atom. The van der Waals surface area contributed by atoms with Gasteiger partial charge in [-0.15, -0.1) is 0 Å². The zero-order chi connectivity index (χ0) is 12.5. The number of nitrogens with one attached hydrogen (secondary N) is 2. The minimum atomic E-state index is -0.0484. The molecule has 1 amide bonds. The standard InChI is InChI=1S/C11H18N4O2/c1-3-8-17-10-4-5-13-11(15-10)14-7-6-12-9(2)16/h4-5H,3,6-8H2,1-2H3,(H,12,16)(H,13,14,15). The van der Waals surface area contributed by atoms with Crippen LogP contribution in [0.3, 0.4) is 0 Å². The Morgan fingerprint density at radius 3 is 3.00 bits per heavy atom. The van der Waals surface area contributed by atoms with Crippen LogP contribution in [0.1, 0.15) is 20.3 Å². The van der Waals surface area contributed by atoms with Crippen LogP contribution in [0, 0.1) is 0 Å². The molecular weight excluding hydrogens is 220 g/mol. The maximum Gasteiger partial charge on any atom is 0.226 e. The average molecular weight is 238 g/mol. The topological polar surface area (TPSA) is 76.1 Å². The number of aromatic nitrogens is 2. The van der Waals surface area contributed by atoms with Gasteiger partial charge in [0.2, 0.25) is 17.7 Å². The van der Waals surface area contributed by atoms with Crippen LogP contribution in [0.15, 0.2) is 12.3 Å². The molecule has 0 spiro atoms. The van der Waals surface area contributed by atoms with Crippen LogP contribution >= 0.6 is 0 Å². The Kier molecular flexibility index (Phi) is 5.77. The highest BCUT2D eigenvalue weighted by atomic mass is 16.5. The van der Waals surface area contributed by atoms with Crippen molar-refractivity contribution in [3.63, 3.8) is 0 Å². The summed E-state index contributed by atoms with van der Waals surface area (Å²) in [6, 6.07) is 1.72. The van der Waals surface area contributed by atoms with Crippen molar-refractivity contribution in [2.24, 2.45) is 0 Å². The van der Waals surface area contributed by atoms with Gasteiger partial charge in [-0.2, -0.15) is 4.98 Å². The lowest BCUT2D eigenvalue weighted by Crippen LogP contribution is -2.26. The van der Waals surface area contributed by atoms with Crippen LogP contribution in [-0.2, 0) is 4.79 Å². The normalized spacial score (nSPS) is 9.76. The van der Waals surface area contributed by atoms with Crippen LogP contribution in [0.5, 0.6) is 5.88 Å². The SMILES string of the molecule is CCCOc1ccnc(NCCNC(C)=O)n1. The number of hydrogen-bond donors (Lipinski definition) is 2. The summed E-state index contributed by atoms with van der Waals surface area (Å²) in [5, 5.41) is 5.68. The molecule has 2 N–H and O–H groups in total. The first-order valence-electron chi connectivity index (χ1n) is 5.66. The molecule has 94 valence electrons. The van der Waals surface area contributed by atoms with E-state index in [9.17, 15) is 4.79 Å². The van der Waals surface area contributed by atoms with Crippen molar-refractivity contribution in [2.45, 2.75) is 20.3 Å². The lowest BCUT2D eigenvalue weighted by atomic mass is 10.5. The molecular formula is C11H18N4O2. The molecule has 0 fully saturated rings. The van der Waals surface area contributed by atoms with Gasteiger partial charge >= 0.3 is 0 Å². The number of ether oxygens (including phenoxy) is 1. The van der Waals surface area contributed by atoms with Crippen molar-refractivity contribution in [3.8, 4) is 5.88 Å². The molecule has 0 saturated carbocycles. The van der Waals surface area contributed by atoms with Crippen molar-refractivity contribution >= 4 is 11.9 Å². The van der Waals surface area contributed by atoms with E-state index in [0.717, 1.165) is 6.42 Å². The van der Waals surface area contributed by atoms with Gasteiger partial charge in [-0.3, -0.25) is 4.79 Å². The highest BCUT2D eigenvalue weighted by molar-refractivity contribution is 5.72. The van der Waals surface area contributed by atoms with Gasteiger partial charge in [-0.25, -0.2) is 4.98 Å². The summed E-state index contributed by atoms with van der Waals surface area (Å²) in [6.07, 6.45) is 2.58. The molecule has 0 bridgehead atoms. The molecule has 6 heteroatoms. The second-order valence-electron chi connectivity index (χ2n) is 3.48. The minimum absolute atomic E-state index is 0.0484. The summed E-state index contributed by atoms with van der Waals surface area (Å²) in [5.74, 6) is 1.01. The van der Waals surface area contributed by atoms with Crippen LogP contribution in [0.25, 0.3) is 0 Å². The lowest BCUT2D eigenvalue weighted by molar-refractivity contribution is -0.118. The summed E-state index contributed by atoms with van der Waals surface area (Å²) in [6.45, 7) is 5.28. The number of carbonyl (C=O) groups excluding carboxylic acids is 1. The molecule has 1 heterocycles. The molecule has 0 radical (unpaired) electrons. The lowest BCUT2D eigenvalue weighted by Gasteiger charge is -2.07. The predicted octanol–water partition coefficient (Wildman–Crippen LogP) is 0.813. The number of rotatable bonds is 7. The molecule has 1 aromatic heterocycles. The van der Waals surface area contributed by atoms with Crippen molar-refractivity contribution in [1.29, 1.82) is 0 Å².